The second kappa shape index (κ2) is 53.0. The number of ether oxygens (including phenoxy) is 1. The summed E-state index contributed by atoms with van der Waals surface area (Å²) in [5.41, 5.74) is 14.8. The molecule has 4 unspecified atom stereocenters. The highest BCUT2D eigenvalue weighted by atomic mass is 16.5. The summed E-state index contributed by atoms with van der Waals surface area (Å²) in [6.45, 7) is 38.6. The number of piperidine rings is 5. The number of pyridine rings is 5. The van der Waals surface area contributed by atoms with E-state index in [1.165, 1.54) is 44.7 Å². The number of aryl methyl sites for hydroxylation is 6. The van der Waals surface area contributed by atoms with E-state index in [0.717, 1.165) is 342 Å². The summed E-state index contributed by atoms with van der Waals surface area (Å²) in [6, 6.07) is 44.8. The summed E-state index contributed by atoms with van der Waals surface area (Å²) in [5, 5.41) is 98.5. The summed E-state index contributed by atoms with van der Waals surface area (Å²) in [4.78, 5) is 75.5. The average Bonchev–Trinajstić information content (AvgIpc) is 0.966. The molecule has 6 saturated heterocycles. The summed E-state index contributed by atoms with van der Waals surface area (Å²) in [5.74, 6) is 5.64. The number of fused-ring (bicyclic) bond motifs is 5. The zero-order valence-electron chi connectivity index (χ0n) is 90.7. The number of carbonyl (C=O) groups excluding carboxylic acids is 3. The van der Waals surface area contributed by atoms with Gasteiger partial charge in [-0.15, -0.1) is 0 Å². The number of nitrogens with one attached hydrogen (secondary N) is 13. The number of hydrogen-bond donors (Lipinski definition) is 15. The van der Waals surface area contributed by atoms with Gasteiger partial charge in [-0.3, -0.25) is 30.6 Å². The van der Waals surface area contributed by atoms with Crippen LogP contribution in [0.4, 0.5) is 29.1 Å². The Morgan fingerprint density at radius 2 is 0.780 bits per heavy atom. The van der Waals surface area contributed by atoms with Gasteiger partial charge in [0.2, 0.25) is 29.4 Å². The Kier molecular flexibility index (Phi) is 39.4. The van der Waals surface area contributed by atoms with Crippen LogP contribution in [0.25, 0.3) is 65.9 Å². The van der Waals surface area contributed by atoms with E-state index in [9.17, 15) is 24.6 Å². The summed E-state index contributed by atoms with van der Waals surface area (Å²) >= 11 is 0. The van der Waals surface area contributed by atoms with Gasteiger partial charge in [0.25, 0.3) is 0 Å². The molecule has 8 aliphatic rings. The smallest absolute Gasteiger partial charge is 0.223 e. The van der Waals surface area contributed by atoms with E-state index in [4.69, 9.17) is 61.2 Å². The molecular formula is C118H161N25O7. The highest BCUT2D eigenvalue weighted by Gasteiger charge is 2.36. The Bertz CT molecular complexity index is 6570. The number of amides is 3. The van der Waals surface area contributed by atoms with E-state index < -0.39 is 0 Å². The predicted molar refractivity (Wildman–Crippen MR) is 608 cm³/mol. The standard InChI is InChI=1S/C26H35N5O.C24H31N5O2.C23H31N5O2.C23H33N5O.C22H31N5O/c1-17-7-10-23-19(15-17)16-21(22(28)9-8-18(2)27)26(30-23)31-13-11-20(12-14-31)29-24-5-3-4-6-25(24)32;1-15-7-8-20-17(13-15)14-19(23-25-16(2)31-28-23)24(27-20)29-11-9-18(10-12-29)26-21-5-3-4-6-22(21)30;1-15-19-5-3-4-6-20(19)27-23(21(15)22(24)25-16(2)29)28-11-7-17(8-12-28)26-18-9-13-30-14-10-18;1-5-17(6-2)26-18-11-13-28(14-12-18)23-21(22(24)25-16(4)29)15(3)19-9-7-8-10-20(19)27-23;1-14(2)13-24-17-9-11-27(12-10-17)22-20(21(23)25-16(4)28)15(3)18-7-5-6-8-19(18)26-22/h7-10,15-16,20,24-25,27-29,32H,3-6,11-14H2,1-2H3;7-8,13-14,18,21-22,26,30H,3-6,9-12H2,1-2H3;3-6,17-18,26H,7-14H2,1-2H3,(H2,24,25,29);7-10,17-18,26H,5-6,11-14H2,1-4H3,(H2,24,25,29);5-8,14,17,24H,9-13H2,1-4H3,(H2,23,25,28)/b9-8-,27-18?,28-22?;;;;. The number of amidine groups is 3. The second-order valence-electron chi connectivity index (χ2n) is 42.8. The molecule has 4 atom stereocenters. The van der Waals surface area contributed by atoms with Crippen LogP contribution in [-0.4, -0.2) is 244 Å². The first-order chi connectivity index (χ1) is 72.3. The van der Waals surface area contributed by atoms with Crippen molar-refractivity contribution in [1.82, 2.24) is 77.6 Å². The van der Waals surface area contributed by atoms with Crippen LogP contribution < -0.4 is 67.0 Å². The molecule has 6 aliphatic heterocycles. The summed E-state index contributed by atoms with van der Waals surface area (Å²) in [7, 11) is 0. The zero-order chi connectivity index (χ0) is 106. The van der Waals surface area contributed by atoms with Gasteiger partial charge < -0.3 is 97.3 Å². The van der Waals surface area contributed by atoms with E-state index in [2.05, 4.69) is 167 Å². The van der Waals surface area contributed by atoms with Crippen molar-refractivity contribution in [3.05, 3.63) is 189 Å². The van der Waals surface area contributed by atoms with Crippen LogP contribution in [0.2, 0.25) is 0 Å². The van der Waals surface area contributed by atoms with Gasteiger partial charge in [0.15, 0.2) is 0 Å². The van der Waals surface area contributed by atoms with E-state index >= 15 is 0 Å². The van der Waals surface area contributed by atoms with Crippen molar-refractivity contribution in [3.63, 3.8) is 0 Å². The lowest BCUT2D eigenvalue weighted by Gasteiger charge is -2.38. The van der Waals surface area contributed by atoms with Crippen LogP contribution in [0.3, 0.4) is 0 Å². The van der Waals surface area contributed by atoms with Crippen LogP contribution in [-0.2, 0) is 19.1 Å². The van der Waals surface area contributed by atoms with Crippen LogP contribution in [0, 0.1) is 74.5 Å². The van der Waals surface area contributed by atoms with Crippen molar-refractivity contribution in [2.45, 2.75) is 305 Å². The lowest BCUT2D eigenvalue weighted by atomic mass is 9.91. The molecule has 3 amide bonds. The minimum atomic E-state index is -0.238. The molecule has 6 aromatic heterocycles. The van der Waals surface area contributed by atoms with Gasteiger partial charge in [-0.2, -0.15) is 4.98 Å². The maximum atomic E-state index is 11.6. The van der Waals surface area contributed by atoms with Crippen LogP contribution >= 0.6 is 0 Å². The highest BCUT2D eigenvalue weighted by Crippen LogP contribution is 2.39. The fraction of sp³-hybridized carbons (Fsp3) is 0.517. The molecule has 32 heteroatoms. The van der Waals surface area contributed by atoms with Gasteiger partial charge in [-0.05, 0) is 253 Å². The molecule has 11 aromatic rings. The molecule has 15 N–H and O–H groups in total. The molecule has 32 nitrogen and oxygen atoms in total. The number of allylic oxidation sites excluding steroid dienone is 2. The third-order valence-corrected chi connectivity index (χ3v) is 30.8. The normalized spacial score (nSPS) is 19.0. The molecule has 2 aliphatic carbocycles. The summed E-state index contributed by atoms with van der Waals surface area (Å²) in [6.07, 6.45) is 26.4. The maximum Gasteiger partial charge on any atom is 0.223 e. The number of rotatable bonds is 25. The quantitative estimate of drug-likeness (QED) is 0.0187. The van der Waals surface area contributed by atoms with Crippen molar-refractivity contribution in [3.8, 4) is 11.4 Å². The lowest BCUT2D eigenvalue weighted by molar-refractivity contribution is -0.118. The van der Waals surface area contributed by atoms with E-state index in [1.54, 1.807) is 19.1 Å². The van der Waals surface area contributed by atoms with Gasteiger partial charge in [-0.25, -0.2) is 24.9 Å². The fourth-order valence-electron chi connectivity index (χ4n) is 22.5. The third kappa shape index (κ3) is 29.2. The number of aliphatic hydroxyl groups is 2. The predicted octanol–water partition coefficient (Wildman–Crippen LogP) is 17.8. The molecule has 19 rings (SSSR count). The minimum absolute atomic E-state index is 0.121. The molecule has 0 bridgehead atoms. The molecule has 150 heavy (non-hydrogen) atoms. The Hall–Kier alpha value is -12.5. The molecule has 800 valence electrons. The molecular weight excluding hydrogens is 1880 g/mol. The first-order valence-electron chi connectivity index (χ1n) is 55.0. The van der Waals surface area contributed by atoms with Crippen molar-refractivity contribution < 1.29 is 33.9 Å². The highest BCUT2D eigenvalue weighted by molar-refractivity contribution is 6.16. The van der Waals surface area contributed by atoms with E-state index in [0.29, 0.717) is 71.3 Å². The molecule has 2 saturated carbocycles. The second-order valence-corrected chi connectivity index (χ2v) is 42.8. The number of para-hydroxylation sites is 3. The minimum Gasteiger partial charge on any atom is -0.392 e. The first kappa shape index (κ1) is 112. The molecule has 12 heterocycles. The van der Waals surface area contributed by atoms with Crippen molar-refractivity contribution in [2.75, 3.05) is 110 Å². The van der Waals surface area contributed by atoms with Crippen LogP contribution in [0.5, 0.6) is 0 Å². The van der Waals surface area contributed by atoms with Gasteiger partial charge in [-0.1, -0.05) is 136 Å². The monoisotopic (exact) mass is 2040 g/mol. The van der Waals surface area contributed by atoms with Crippen molar-refractivity contribution >= 4 is 130 Å². The van der Waals surface area contributed by atoms with Crippen molar-refractivity contribution in [2.24, 2.45) is 5.92 Å². The molecule has 8 fully saturated rings. The molecule has 0 radical (unpaired) electrons. The SMILES string of the molecule is CC(=N)/C=C\C(=N)c1cc2cc(C)ccc2nc1N1CCC(NC2CCCCC2O)CC1.CC(=O)NC(=N)c1c(N2CCC(NC3CCOCC3)CC2)nc2ccccc2c1C.CC(=O)NC(=N)c1c(N2CCC(NCC(C)C)CC2)nc2ccccc2c1C.CCC(CC)NC1CCN(c2nc3ccccc3c(C)c2C(=N)NC(C)=O)CC1.Cc1ccc2nc(N3CCC(NC4CCCCC4O)CC3)c(-c3noc(C)n3)cc2c1. The fourth-order valence-corrected chi connectivity index (χ4v) is 22.5. The van der Waals surface area contributed by atoms with E-state index in [1.807, 2.05) is 100 Å². The molecule has 5 aromatic carbocycles. The number of nitrogens with zero attached hydrogens (tertiary/aromatic N) is 12. The number of benzene rings is 5. The number of aromatic nitrogens is 7. The third-order valence-electron chi connectivity index (χ3n) is 30.8. The summed E-state index contributed by atoms with van der Waals surface area (Å²) < 4.78 is 10.7. The Morgan fingerprint density at radius 1 is 0.413 bits per heavy atom. The average molecular weight is 2040 g/mol. The number of aliphatic hydroxyl groups excluding tert-OH is 2. The zero-order valence-corrected chi connectivity index (χ0v) is 90.7. The lowest BCUT2D eigenvalue weighted by Crippen LogP contribution is -2.51. The van der Waals surface area contributed by atoms with Gasteiger partial charge in [0, 0.05) is 199 Å². The van der Waals surface area contributed by atoms with Crippen LogP contribution in [0.15, 0.2) is 138 Å². The topological polar surface area (TPSA) is 436 Å². The number of hydrogen-bond acceptors (Lipinski definition) is 29. The van der Waals surface area contributed by atoms with E-state index in [-0.39, 0.29) is 59.5 Å². The first-order valence-corrected chi connectivity index (χ1v) is 55.0. The maximum absolute atomic E-state index is 11.6. The Morgan fingerprint density at radius 3 is 1.17 bits per heavy atom. The Balaban J connectivity index is 0.000000140. The number of carbonyl (C=O) groups is 3. The van der Waals surface area contributed by atoms with Gasteiger partial charge in [0.05, 0.1) is 67.8 Å². The van der Waals surface area contributed by atoms with Gasteiger partial charge >= 0.3 is 0 Å². The molecule has 0 spiro atoms. The van der Waals surface area contributed by atoms with Crippen LogP contribution in [0.1, 0.15) is 253 Å². The Labute approximate surface area is 884 Å². The number of anilines is 5. The largest absolute Gasteiger partial charge is 0.392 e. The van der Waals surface area contributed by atoms with Gasteiger partial charge in [0.1, 0.15) is 46.6 Å². The van der Waals surface area contributed by atoms with Crippen molar-refractivity contribution in [1.29, 1.82) is 27.0 Å².